The van der Waals surface area contributed by atoms with E-state index in [1.807, 2.05) is 0 Å². The Hall–Kier alpha value is -1.73. The second-order valence-corrected chi connectivity index (χ2v) is 3.39. The minimum atomic E-state index is -1.11. The molecule has 88 valence electrons. The van der Waals surface area contributed by atoms with Crippen LogP contribution in [0.1, 0.15) is 12.5 Å². The van der Waals surface area contributed by atoms with Gasteiger partial charge in [0.1, 0.15) is 6.04 Å². The summed E-state index contributed by atoms with van der Waals surface area (Å²) in [6.45, 7) is 1.66. The molecular formula is C9H14N4O3. The van der Waals surface area contributed by atoms with Crippen molar-refractivity contribution in [1.29, 1.82) is 0 Å². The predicted octanol–water partition coefficient (Wildman–Crippen LogP) is -1.02. The van der Waals surface area contributed by atoms with Gasteiger partial charge in [-0.2, -0.15) is 0 Å². The molecule has 0 aliphatic carbocycles. The van der Waals surface area contributed by atoms with Gasteiger partial charge in [-0.25, -0.2) is 9.97 Å². The van der Waals surface area contributed by atoms with Gasteiger partial charge in [0, 0.05) is 24.5 Å². The molecule has 7 nitrogen and oxygen atoms in total. The third-order valence-electron chi connectivity index (χ3n) is 2.00. The number of aliphatic carboxylic acids is 1. The lowest BCUT2D eigenvalue weighted by Gasteiger charge is -2.16. The zero-order valence-corrected chi connectivity index (χ0v) is 8.79. The first-order valence-electron chi connectivity index (χ1n) is 4.71. The summed E-state index contributed by atoms with van der Waals surface area (Å²) in [5.41, 5.74) is 6.00. The van der Waals surface area contributed by atoms with E-state index in [0.29, 0.717) is 5.56 Å². The second kappa shape index (κ2) is 5.38. The molecule has 0 amide bonds. The molecule has 1 heterocycles. The Bertz CT molecular complexity index is 352. The van der Waals surface area contributed by atoms with Crippen molar-refractivity contribution in [2.75, 3.05) is 5.73 Å². The molecule has 2 atom stereocenters. The molecule has 16 heavy (non-hydrogen) atoms. The van der Waals surface area contributed by atoms with Crippen molar-refractivity contribution in [2.45, 2.75) is 25.6 Å². The quantitative estimate of drug-likeness (QED) is 0.507. The molecule has 0 fully saturated rings. The van der Waals surface area contributed by atoms with Crippen molar-refractivity contribution in [2.24, 2.45) is 0 Å². The Labute approximate surface area is 92.3 Å². The summed E-state index contributed by atoms with van der Waals surface area (Å²) in [5.74, 6) is -0.944. The minimum absolute atomic E-state index is 0.161. The maximum atomic E-state index is 10.7. The number of hydrogen-bond acceptors (Lipinski definition) is 6. The lowest BCUT2D eigenvalue weighted by molar-refractivity contribution is -0.142. The van der Waals surface area contributed by atoms with Crippen LogP contribution in [0.15, 0.2) is 12.4 Å². The molecule has 0 aliphatic heterocycles. The van der Waals surface area contributed by atoms with Gasteiger partial charge < -0.3 is 15.9 Å². The topological polar surface area (TPSA) is 121 Å². The van der Waals surface area contributed by atoms with Crippen molar-refractivity contribution in [3.63, 3.8) is 0 Å². The number of rotatable bonds is 5. The van der Waals surface area contributed by atoms with Crippen LogP contribution in [0.5, 0.6) is 0 Å². The SMILES string of the molecule is C[C@@H](O)[C@@H](NCc1cnc(N)nc1)C(=O)O. The fraction of sp³-hybridized carbons (Fsp3) is 0.444. The number of nitrogens with two attached hydrogens (primary N) is 1. The number of aliphatic hydroxyl groups excluding tert-OH is 1. The molecule has 5 N–H and O–H groups in total. The average Bonchev–Trinajstić information content (AvgIpc) is 2.20. The van der Waals surface area contributed by atoms with E-state index in [1.165, 1.54) is 19.3 Å². The summed E-state index contributed by atoms with van der Waals surface area (Å²) < 4.78 is 0. The molecule has 1 rings (SSSR count). The van der Waals surface area contributed by atoms with Crippen LogP contribution in [0, 0.1) is 0 Å². The van der Waals surface area contributed by atoms with Gasteiger partial charge in [-0.3, -0.25) is 10.1 Å². The third-order valence-corrected chi connectivity index (χ3v) is 2.00. The first kappa shape index (κ1) is 12.3. The van der Waals surface area contributed by atoms with Gasteiger partial charge in [0.25, 0.3) is 0 Å². The molecule has 0 aliphatic rings. The molecule has 0 unspecified atom stereocenters. The van der Waals surface area contributed by atoms with Crippen molar-refractivity contribution >= 4 is 11.9 Å². The lowest BCUT2D eigenvalue weighted by atomic mass is 10.2. The van der Waals surface area contributed by atoms with Crippen LogP contribution in [0.25, 0.3) is 0 Å². The van der Waals surface area contributed by atoms with Gasteiger partial charge in [0.15, 0.2) is 0 Å². The maximum absolute atomic E-state index is 10.7. The van der Waals surface area contributed by atoms with Crippen LogP contribution < -0.4 is 11.1 Å². The second-order valence-electron chi connectivity index (χ2n) is 3.39. The fourth-order valence-electron chi connectivity index (χ4n) is 1.15. The summed E-state index contributed by atoms with van der Waals surface area (Å²) in [4.78, 5) is 18.3. The van der Waals surface area contributed by atoms with Gasteiger partial charge in [0.05, 0.1) is 6.10 Å². The summed E-state index contributed by atoms with van der Waals surface area (Å²) in [6, 6.07) is -1.02. The average molecular weight is 226 g/mol. The summed E-state index contributed by atoms with van der Waals surface area (Å²) >= 11 is 0. The minimum Gasteiger partial charge on any atom is -0.480 e. The van der Waals surface area contributed by atoms with Crippen LogP contribution in [-0.2, 0) is 11.3 Å². The van der Waals surface area contributed by atoms with Crippen molar-refractivity contribution in [3.8, 4) is 0 Å². The number of carboxylic acid groups (broad SMARTS) is 1. The van der Waals surface area contributed by atoms with Crippen LogP contribution in [0.2, 0.25) is 0 Å². The summed E-state index contributed by atoms with van der Waals surface area (Å²) in [7, 11) is 0. The predicted molar refractivity (Wildman–Crippen MR) is 56.4 cm³/mol. The monoisotopic (exact) mass is 226 g/mol. The van der Waals surface area contributed by atoms with Gasteiger partial charge in [0.2, 0.25) is 5.95 Å². The van der Waals surface area contributed by atoms with E-state index in [1.54, 1.807) is 0 Å². The van der Waals surface area contributed by atoms with E-state index in [4.69, 9.17) is 10.8 Å². The largest absolute Gasteiger partial charge is 0.480 e. The number of anilines is 1. The molecule has 0 spiro atoms. The Kier molecular flexibility index (Phi) is 4.15. The van der Waals surface area contributed by atoms with Gasteiger partial charge in [-0.1, -0.05) is 0 Å². The fourth-order valence-corrected chi connectivity index (χ4v) is 1.15. The molecule has 0 bridgehead atoms. The number of nitrogens with zero attached hydrogens (tertiary/aromatic N) is 2. The molecule has 0 aromatic carbocycles. The van der Waals surface area contributed by atoms with Crippen LogP contribution in [0.4, 0.5) is 5.95 Å². The molecule has 1 aromatic rings. The number of hydrogen-bond donors (Lipinski definition) is 4. The molecule has 0 radical (unpaired) electrons. The van der Waals surface area contributed by atoms with Crippen LogP contribution in [0.3, 0.4) is 0 Å². The van der Waals surface area contributed by atoms with Crippen molar-refractivity contribution < 1.29 is 15.0 Å². The van der Waals surface area contributed by atoms with E-state index >= 15 is 0 Å². The Morgan fingerprint density at radius 2 is 2.12 bits per heavy atom. The summed E-state index contributed by atoms with van der Waals surface area (Å²) in [6.07, 6.45) is 2.01. The first-order chi connectivity index (χ1) is 7.50. The maximum Gasteiger partial charge on any atom is 0.323 e. The third kappa shape index (κ3) is 3.44. The van der Waals surface area contributed by atoms with Gasteiger partial charge in [-0.05, 0) is 6.92 Å². The number of carbonyl (C=O) groups is 1. The highest BCUT2D eigenvalue weighted by atomic mass is 16.4. The number of nitrogens with one attached hydrogen (secondary N) is 1. The smallest absolute Gasteiger partial charge is 0.323 e. The summed E-state index contributed by atoms with van der Waals surface area (Å²) in [5, 5.41) is 20.7. The standard InChI is InChI=1S/C9H14N4O3/c1-5(14)7(8(15)16)11-2-6-3-12-9(10)13-4-6/h3-5,7,11,14H,2H2,1H3,(H,15,16)(H2,10,12,13)/t5-,7-/m1/s1. The van der Waals surface area contributed by atoms with E-state index in [0.717, 1.165) is 0 Å². The van der Waals surface area contributed by atoms with Crippen LogP contribution >= 0.6 is 0 Å². The number of carboxylic acids is 1. The molecule has 1 aromatic heterocycles. The van der Waals surface area contributed by atoms with E-state index in [2.05, 4.69) is 15.3 Å². The van der Waals surface area contributed by atoms with E-state index in [-0.39, 0.29) is 12.5 Å². The number of aliphatic hydroxyl groups is 1. The Morgan fingerprint density at radius 1 is 1.56 bits per heavy atom. The zero-order chi connectivity index (χ0) is 12.1. The molecule has 0 saturated heterocycles. The van der Waals surface area contributed by atoms with Crippen molar-refractivity contribution in [3.05, 3.63) is 18.0 Å². The number of aromatic nitrogens is 2. The molecule has 7 heteroatoms. The van der Waals surface area contributed by atoms with Crippen LogP contribution in [-0.4, -0.2) is 38.3 Å². The highest BCUT2D eigenvalue weighted by Gasteiger charge is 2.21. The lowest BCUT2D eigenvalue weighted by Crippen LogP contribution is -2.44. The van der Waals surface area contributed by atoms with Gasteiger partial charge in [-0.15, -0.1) is 0 Å². The Balaban J connectivity index is 2.55. The zero-order valence-electron chi connectivity index (χ0n) is 8.79. The van der Waals surface area contributed by atoms with Crippen molar-refractivity contribution in [1.82, 2.24) is 15.3 Å². The Morgan fingerprint density at radius 3 is 2.56 bits per heavy atom. The highest BCUT2D eigenvalue weighted by Crippen LogP contribution is 1.99. The number of nitrogen functional groups attached to an aromatic ring is 1. The molecular weight excluding hydrogens is 212 g/mol. The molecule has 0 saturated carbocycles. The van der Waals surface area contributed by atoms with E-state index < -0.39 is 18.1 Å². The highest BCUT2D eigenvalue weighted by molar-refractivity contribution is 5.74. The first-order valence-corrected chi connectivity index (χ1v) is 4.71. The van der Waals surface area contributed by atoms with E-state index in [9.17, 15) is 9.90 Å². The normalized spacial score (nSPS) is 14.4. The van der Waals surface area contributed by atoms with Gasteiger partial charge >= 0.3 is 5.97 Å².